The van der Waals surface area contributed by atoms with Crippen LogP contribution >= 0.6 is 0 Å². The lowest BCUT2D eigenvalue weighted by molar-refractivity contribution is 0.112. The van der Waals surface area contributed by atoms with Crippen LogP contribution < -0.4 is 0 Å². The third kappa shape index (κ3) is 1.66. The van der Waals surface area contributed by atoms with Gasteiger partial charge in [0.1, 0.15) is 6.29 Å². The van der Waals surface area contributed by atoms with E-state index < -0.39 is 0 Å². The van der Waals surface area contributed by atoms with Crippen molar-refractivity contribution in [3.8, 4) is 0 Å². The summed E-state index contributed by atoms with van der Waals surface area (Å²) in [5.74, 6) is 0. The van der Waals surface area contributed by atoms with E-state index in [9.17, 15) is 4.79 Å². The zero-order chi connectivity index (χ0) is 13.5. The van der Waals surface area contributed by atoms with E-state index in [0.29, 0.717) is 0 Å². The second kappa shape index (κ2) is 4.45. The lowest BCUT2D eigenvalue weighted by Crippen LogP contribution is -2.07. The Morgan fingerprint density at radius 2 is 1.90 bits per heavy atom. The molecule has 2 aliphatic rings. The maximum Gasteiger partial charge on any atom is 0.150 e. The Bertz CT molecular complexity index is 778. The standard InChI is InChI=1S/C19H16O/c20-12-13-5-6-15-8-9-17-16-4-2-1-3-14(16)7-10-18(17)19(15)11-13/h2,4-6,8-9,11-12H,1,3,7,10H2. The molecule has 20 heavy (non-hydrogen) atoms. The lowest BCUT2D eigenvalue weighted by atomic mass is 9.79. The molecule has 0 spiro atoms. The minimum absolute atomic E-state index is 0.768. The summed E-state index contributed by atoms with van der Waals surface area (Å²) in [6, 6.07) is 10.4. The highest BCUT2D eigenvalue weighted by Crippen LogP contribution is 2.39. The highest BCUT2D eigenvalue weighted by atomic mass is 16.1. The predicted molar refractivity (Wildman–Crippen MR) is 83.0 cm³/mol. The molecule has 1 nitrogen and oxygen atoms in total. The molecule has 0 radical (unpaired) electrons. The minimum Gasteiger partial charge on any atom is -0.298 e. The molecule has 0 N–H and O–H groups in total. The number of benzene rings is 2. The van der Waals surface area contributed by atoms with E-state index in [2.05, 4.69) is 30.4 Å². The summed E-state index contributed by atoms with van der Waals surface area (Å²) in [5, 5.41) is 2.48. The third-order valence-electron chi connectivity index (χ3n) is 4.54. The molecular formula is C19H16O. The molecule has 98 valence electrons. The Morgan fingerprint density at radius 1 is 1.00 bits per heavy atom. The summed E-state index contributed by atoms with van der Waals surface area (Å²) in [6.45, 7) is 0. The van der Waals surface area contributed by atoms with Crippen molar-refractivity contribution >= 4 is 22.6 Å². The molecule has 2 aromatic carbocycles. The van der Waals surface area contributed by atoms with E-state index in [1.54, 1.807) is 5.57 Å². The van der Waals surface area contributed by atoms with Gasteiger partial charge in [-0.2, -0.15) is 0 Å². The molecule has 0 aromatic heterocycles. The topological polar surface area (TPSA) is 17.1 Å². The number of carbonyl (C=O) groups is 1. The van der Waals surface area contributed by atoms with Gasteiger partial charge in [0.15, 0.2) is 0 Å². The normalized spacial score (nSPS) is 17.0. The van der Waals surface area contributed by atoms with E-state index in [1.807, 2.05) is 12.1 Å². The fourth-order valence-corrected chi connectivity index (χ4v) is 3.52. The molecule has 2 aromatic rings. The molecule has 0 amide bonds. The molecule has 0 saturated heterocycles. The van der Waals surface area contributed by atoms with Crippen LogP contribution in [0.4, 0.5) is 0 Å². The number of aryl methyl sites for hydroxylation is 1. The minimum atomic E-state index is 0.768. The van der Waals surface area contributed by atoms with Gasteiger partial charge < -0.3 is 0 Å². The maximum atomic E-state index is 11.0. The molecule has 0 aliphatic heterocycles. The first kappa shape index (κ1) is 11.7. The van der Waals surface area contributed by atoms with Crippen molar-refractivity contribution in [1.29, 1.82) is 0 Å². The van der Waals surface area contributed by atoms with Gasteiger partial charge in [0.05, 0.1) is 0 Å². The first-order valence-electron chi connectivity index (χ1n) is 7.26. The van der Waals surface area contributed by atoms with Crippen LogP contribution in [0.5, 0.6) is 0 Å². The van der Waals surface area contributed by atoms with Gasteiger partial charge in [-0.25, -0.2) is 0 Å². The number of aldehydes is 1. The number of carbonyl (C=O) groups excluding carboxylic acids is 1. The second-order valence-corrected chi connectivity index (χ2v) is 5.65. The highest BCUT2D eigenvalue weighted by Gasteiger charge is 2.20. The van der Waals surface area contributed by atoms with E-state index in [0.717, 1.165) is 24.7 Å². The Kier molecular flexibility index (Phi) is 2.59. The lowest BCUT2D eigenvalue weighted by Gasteiger charge is -2.25. The molecule has 0 fully saturated rings. The van der Waals surface area contributed by atoms with Crippen LogP contribution in [0.25, 0.3) is 16.3 Å². The number of rotatable bonds is 1. The molecule has 4 rings (SSSR count). The Labute approximate surface area is 118 Å². The number of hydrogen-bond acceptors (Lipinski definition) is 1. The zero-order valence-electron chi connectivity index (χ0n) is 11.4. The molecule has 0 saturated carbocycles. The first-order valence-corrected chi connectivity index (χ1v) is 7.26. The summed E-state index contributed by atoms with van der Waals surface area (Å²) in [6.07, 6.45) is 10.1. The van der Waals surface area contributed by atoms with Crippen LogP contribution in [0, 0.1) is 0 Å². The van der Waals surface area contributed by atoms with Crippen LogP contribution in [0.15, 0.2) is 48.1 Å². The van der Waals surface area contributed by atoms with Crippen molar-refractivity contribution in [1.82, 2.24) is 0 Å². The van der Waals surface area contributed by atoms with Gasteiger partial charge in [-0.3, -0.25) is 4.79 Å². The van der Waals surface area contributed by atoms with E-state index in [1.165, 1.54) is 40.3 Å². The van der Waals surface area contributed by atoms with E-state index in [4.69, 9.17) is 0 Å². The van der Waals surface area contributed by atoms with Gasteiger partial charge in [0.2, 0.25) is 0 Å². The third-order valence-corrected chi connectivity index (χ3v) is 4.54. The quantitative estimate of drug-likeness (QED) is 0.679. The van der Waals surface area contributed by atoms with Crippen LogP contribution in [0.1, 0.15) is 40.7 Å². The first-order chi connectivity index (χ1) is 9.86. The van der Waals surface area contributed by atoms with E-state index in [-0.39, 0.29) is 0 Å². The van der Waals surface area contributed by atoms with Crippen molar-refractivity contribution < 1.29 is 4.79 Å². The van der Waals surface area contributed by atoms with Gasteiger partial charge >= 0.3 is 0 Å². The van der Waals surface area contributed by atoms with Gasteiger partial charge in [-0.05, 0) is 59.2 Å². The zero-order valence-corrected chi connectivity index (χ0v) is 11.4. The maximum absolute atomic E-state index is 11.0. The van der Waals surface area contributed by atoms with Crippen molar-refractivity contribution in [2.75, 3.05) is 0 Å². The Morgan fingerprint density at radius 3 is 2.80 bits per heavy atom. The Hall–Kier alpha value is -2.15. The van der Waals surface area contributed by atoms with Gasteiger partial charge in [0.25, 0.3) is 0 Å². The molecule has 2 aliphatic carbocycles. The van der Waals surface area contributed by atoms with Crippen molar-refractivity contribution in [3.05, 3.63) is 64.7 Å². The largest absolute Gasteiger partial charge is 0.298 e. The second-order valence-electron chi connectivity index (χ2n) is 5.65. The molecule has 0 unspecified atom stereocenters. The highest BCUT2D eigenvalue weighted by molar-refractivity contribution is 5.96. The van der Waals surface area contributed by atoms with Crippen LogP contribution in [0.3, 0.4) is 0 Å². The number of fused-ring (bicyclic) bond motifs is 4. The average Bonchev–Trinajstić information content (AvgIpc) is 2.53. The monoisotopic (exact) mass is 260 g/mol. The molecular weight excluding hydrogens is 244 g/mol. The molecule has 0 heterocycles. The van der Waals surface area contributed by atoms with Crippen LogP contribution in [0.2, 0.25) is 0 Å². The van der Waals surface area contributed by atoms with Gasteiger partial charge in [-0.15, -0.1) is 0 Å². The SMILES string of the molecule is O=Cc1ccc2ccc3c(c2c1)CCC1=C3C=CCC1. The summed E-state index contributed by atoms with van der Waals surface area (Å²) >= 11 is 0. The molecule has 1 heteroatoms. The fraction of sp³-hybridized carbons (Fsp3) is 0.211. The fourth-order valence-electron chi connectivity index (χ4n) is 3.52. The van der Waals surface area contributed by atoms with E-state index >= 15 is 0 Å². The van der Waals surface area contributed by atoms with Crippen LogP contribution in [-0.2, 0) is 6.42 Å². The smallest absolute Gasteiger partial charge is 0.150 e. The summed E-state index contributed by atoms with van der Waals surface area (Å²) in [4.78, 5) is 11.0. The number of allylic oxidation sites excluding steroid dienone is 4. The van der Waals surface area contributed by atoms with Crippen LogP contribution in [-0.4, -0.2) is 6.29 Å². The summed E-state index contributed by atoms with van der Waals surface area (Å²) in [7, 11) is 0. The van der Waals surface area contributed by atoms with Gasteiger partial charge in [0, 0.05) is 5.56 Å². The summed E-state index contributed by atoms with van der Waals surface area (Å²) in [5.41, 5.74) is 6.58. The van der Waals surface area contributed by atoms with Crippen molar-refractivity contribution in [3.63, 3.8) is 0 Å². The summed E-state index contributed by atoms with van der Waals surface area (Å²) < 4.78 is 0. The van der Waals surface area contributed by atoms with Crippen molar-refractivity contribution in [2.45, 2.75) is 25.7 Å². The Balaban J connectivity index is 2.01. The van der Waals surface area contributed by atoms with Gasteiger partial charge in [-0.1, -0.05) is 42.0 Å². The predicted octanol–water partition coefficient (Wildman–Crippen LogP) is 4.70. The average molecular weight is 260 g/mol. The number of hydrogen-bond donors (Lipinski definition) is 0. The van der Waals surface area contributed by atoms with Crippen molar-refractivity contribution in [2.24, 2.45) is 0 Å². The molecule has 0 bridgehead atoms. The molecule has 0 atom stereocenters.